The molecule has 0 N–H and O–H groups in total. The van der Waals surface area contributed by atoms with Gasteiger partial charge in [-0.25, -0.2) is 13.2 Å². The second-order valence-electron chi connectivity index (χ2n) is 3.70. The summed E-state index contributed by atoms with van der Waals surface area (Å²) < 4.78 is 65.4. The van der Waals surface area contributed by atoms with Crippen molar-refractivity contribution >= 4 is 15.8 Å². The average molecular weight is 296 g/mol. The predicted molar refractivity (Wildman–Crippen MR) is 60.5 cm³/mol. The number of hydrogen-bond donors (Lipinski definition) is 0. The number of ether oxygens (including phenoxy) is 1. The molecule has 0 aliphatic heterocycles. The number of alkyl halides is 3. The molecule has 0 fully saturated rings. The monoisotopic (exact) mass is 296 g/mol. The summed E-state index contributed by atoms with van der Waals surface area (Å²) in [5.41, 5.74) is -1.54. The summed E-state index contributed by atoms with van der Waals surface area (Å²) in [7, 11) is -4.12. The molecule has 0 radical (unpaired) electrons. The Balaban J connectivity index is 3.45. The Bertz CT molecular complexity index is 590. The molecule has 8 heteroatoms. The predicted octanol–water partition coefficient (Wildman–Crippen LogP) is 2.29. The normalized spacial score (nSPS) is 12.3. The second kappa shape index (κ2) is 5.20. The first-order valence-corrected chi connectivity index (χ1v) is 7.05. The minimum Gasteiger partial charge on any atom is -0.462 e. The highest BCUT2D eigenvalue weighted by atomic mass is 32.2. The van der Waals surface area contributed by atoms with E-state index in [9.17, 15) is 26.4 Å². The van der Waals surface area contributed by atoms with Crippen molar-refractivity contribution in [3.05, 3.63) is 29.3 Å². The van der Waals surface area contributed by atoms with E-state index in [1.54, 1.807) is 0 Å². The Morgan fingerprint density at radius 3 is 2.32 bits per heavy atom. The molecule has 0 spiro atoms. The smallest absolute Gasteiger partial charge is 0.417 e. The highest BCUT2D eigenvalue weighted by Crippen LogP contribution is 2.34. The Morgan fingerprint density at radius 1 is 1.32 bits per heavy atom. The molecule has 0 aliphatic rings. The maximum Gasteiger partial charge on any atom is 0.417 e. The molecule has 19 heavy (non-hydrogen) atoms. The van der Waals surface area contributed by atoms with Crippen LogP contribution in [0.15, 0.2) is 23.1 Å². The largest absolute Gasteiger partial charge is 0.462 e. The standard InChI is InChI=1S/C11H11F3O4S/c1-3-18-10(15)7-4-5-8(11(12,13)14)9(6-7)19(2,16)17/h4-6H,3H2,1-2H3. The van der Waals surface area contributed by atoms with Gasteiger partial charge in [-0.15, -0.1) is 0 Å². The number of carbonyl (C=O) groups excluding carboxylic acids is 1. The zero-order chi connectivity index (χ0) is 14.8. The first kappa shape index (κ1) is 15.5. The maximum absolute atomic E-state index is 12.7. The van der Waals surface area contributed by atoms with Crippen molar-refractivity contribution in [1.82, 2.24) is 0 Å². The lowest BCUT2D eigenvalue weighted by Gasteiger charge is -2.12. The van der Waals surface area contributed by atoms with Gasteiger partial charge in [-0.3, -0.25) is 0 Å². The number of sulfone groups is 1. The van der Waals surface area contributed by atoms with Crippen LogP contribution >= 0.6 is 0 Å². The van der Waals surface area contributed by atoms with Crippen LogP contribution in [0.1, 0.15) is 22.8 Å². The summed E-state index contributed by atoms with van der Waals surface area (Å²) in [5.74, 6) is -0.874. The molecule has 106 valence electrons. The van der Waals surface area contributed by atoms with Crippen LogP contribution in [0.3, 0.4) is 0 Å². The Morgan fingerprint density at radius 2 is 1.89 bits per heavy atom. The van der Waals surface area contributed by atoms with Crippen LogP contribution in [0.5, 0.6) is 0 Å². The van der Waals surface area contributed by atoms with Gasteiger partial charge in [0.25, 0.3) is 0 Å². The third-order valence-corrected chi connectivity index (χ3v) is 3.33. The third-order valence-electron chi connectivity index (χ3n) is 2.20. The molecule has 0 aromatic heterocycles. The lowest BCUT2D eigenvalue weighted by molar-refractivity contribution is -0.139. The molecule has 0 amide bonds. The molecule has 1 aromatic rings. The van der Waals surface area contributed by atoms with E-state index in [1.165, 1.54) is 6.92 Å². The highest BCUT2D eigenvalue weighted by molar-refractivity contribution is 7.90. The lowest BCUT2D eigenvalue weighted by atomic mass is 10.1. The third kappa shape index (κ3) is 3.69. The first-order valence-electron chi connectivity index (χ1n) is 5.15. The number of hydrogen-bond acceptors (Lipinski definition) is 4. The summed E-state index contributed by atoms with van der Waals surface area (Å²) in [6, 6.07) is 2.12. The van der Waals surface area contributed by atoms with E-state index in [-0.39, 0.29) is 12.2 Å². The SMILES string of the molecule is CCOC(=O)c1ccc(C(F)(F)F)c(S(C)(=O)=O)c1. The molecule has 0 unspecified atom stereocenters. The van der Waals surface area contributed by atoms with Crippen LogP contribution in [0.25, 0.3) is 0 Å². The number of esters is 1. The van der Waals surface area contributed by atoms with Crippen molar-refractivity contribution in [2.24, 2.45) is 0 Å². The molecule has 1 rings (SSSR count). The quantitative estimate of drug-likeness (QED) is 0.803. The average Bonchev–Trinajstić information content (AvgIpc) is 2.26. The van der Waals surface area contributed by atoms with Gasteiger partial charge in [-0.05, 0) is 25.1 Å². The van der Waals surface area contributed by atoms with Crippen molar-refractivity contribution in [3.63, 3.8) is 0 Å². The van der Waals surface area contributed by atoms with Crippen molar-refractivity contribution in [1.29, 1.82) is 0 Å². The van der Waals surface area contributed by atoms with Crippen molar-refractivity contribution < 1.29 is 31.1 Å². The van der Waals surface area contributed by atoms with Crippen molar-refractivity contribution in [3.8, 4) is 0 Å². The van der Waals surface area contributed by atoms with Crippen molar-refractivity contribution in [2.75, 3.05) is 12.9 Å². The lowest BCUT2D eigenvalue weighted by Crippen LogP contribution is -2.14. The van der Waals surface area contributed by atoms with Gasteiger partial charge in [-0.2, -0.15) is 13.2 Å². The number of carbonyl (C=O) groups is 1. The molecule has 0 atom stereocenters. The van der Waals surface area contributed by atoms with E-state index < -0.39 is 32.4 Å². The molecule has 4 nitrogen and oxygen atoms in total. The number of halogens is 3. The zero-order valence-corrected chi connectivity index (χ0v) is 10.9. The van der Waals surface area contributed by atoms with Crippen molar-refractivity contribution in [2.45, 2.75) is 18.0 Å². The zero-order valence-electron chi connectivity index (χ0n) is 10.1. The molecular weight excluding hydrogens is 285 g/mol. The first-order chi connectivity index (χ1) is 8.57. The summed E-state index contributed by atoms with van der Waals surface area (Å²) in [5, 5.41) is 0. The second-order valence-corrected chi connectivity index (χ2v) is 5.69. The van der Waals surface area contributed by atoms with Gasteiger partial charge in [-0.1, -0.05) is 0 Å². The van der Waals surface area contributed by atoms with E-state index in [4.69, 9.17) is 0 Å². The van der Waals surface area contributed by atoms with Gasteiger partial charge < -0.3 is 4.74 Å². The highest BCUT2D eigenvalue weighted by Gasteiger charge is 2.36. The fourth-order valence-electron chi connectivity index (χ4n) is 1.40. The molecule has 0 bridgehead atoms. The Labute approximate surface area is 108 Å². The van der Waals surface area contributed by atoms with Gasteiger partial charge in [0, 0.05) is 6.26 Å². The molecule has 0 saturated heterocycles. The van der Waals surface area contributed by atoms with Crippen LogP contribution in [-0.2, 0) is 20.8 Å². The minimum absolute atomic E-state index is 0.0358. The van der Waals surface area contributed by atoms with Crippen LogP contribution in [-0.4, -0.2) is 27.2 Å². The fraction of sp³-hybridized carbons (Fsp3) is 0.364. The topological polar surface area (TPSA) is 60.4 Å². The van der Waals surface area contributed by atoms with E-state index in [2.05, 4.69) is 4.74 Å². The van der Waals surface area contributed by atoms with Gasteiger partial charge in [0.2, 0.25) is 0 Å². The molecule has 0 aliphatic carbocycles. The number of benzene rings is 1. The van der Waals surface area contributed by atoms with Crippen LogP contribution < -0.4 is 0 Å². The van der Waals surface area contributed by atoms with Crippen LogP contribution in [0, 0.1) is 0 Å². The van der Waals surface area contributed by atoms with E-state index in [0.29, 0.717) is 18.4 Å². The summed E-state index contributed by atoms with van der Waals surface area (Å²) >= 11 is 0. The van der Waals surface area contributed by atoms with E-state index in [0.717, 1.165) is 6.07 Å². The summed E-state index contributed by atoms with van der Waals surface area (Å²) in [6.45, 7) is 1.56. The van der Waals surface area contributed by atoms with Gasteiger partial charge in [0.1, 0.15) is 0 Å². The van der Waals surface area contributed by atoms with E-state index in [1.807, 2.05) is 0 Å². The Kier molecular flexibility index (Phi) is 4.24. The van der Waals surface area contributed by atoms with Crippen LogP contribution in [0.4, 0.5) is 13.2 Å². The summed E-state index contributed by atoms with van der Waals surface area (Å²) in [6.07, 6.45) is -4.17. The Hall–Kier alpha value is -1.57. The van der Waals surface area contributed by atoms with Gasteiger partial charge in [0.15, 0.2) is 9.84 Å². The van der Waals surface area contributed by atoms with Gasteiger partial charge in [0.05, 0.1) is 22.6 Å². The maximum atomic E-state index is 12.7. The number of rotatable bonds is 3. The van der Waals surface area contributed by atoms with Crippen LogP contribution in [0.2, 0.25) is 0 Å². The fourth-order valence-corrected chi connectivity index (χ4v) is 2.33. The van der Waals surface area contributed by atoms with Gasteiger partial charge >= 0.3 is 12.1 Å². The minimum atomic E-state index is -4.81. The molecule has 1 aromatic carbocycles. The molecule has 0 saturated carbocycles. The summed E-state index contributed by atoms with van der Waals surface area (Å²) in [4.78, 5) is 10.4. The molecular formula is C11H11F3O4S. The van der Waals surface area contributed by atoms with E-state index >= 15 is 0 Å². The molecule has 0 heterocycles.